The van der Waals surface area contributed by atoms with Crippen molar-refractivity contribution in [2.24, 2.45) is 7.05 Å². The minimum Gasteiger partial charge on any atom is -0.304 e. The van der Waals surface area contributed by atoms with E-state index in [4.69, 9.17) is 0 Å². The predicted molar refractivity (Wildman–Crippen MR) is 93.7 cm³/mol. The second kappa shape index (κ2) is 7.50. The first kappa shape index (κ1) is 21.4. The third kappa shape index (κ3) is 4.63. The molecule has 3 aromatic rings. The topological polar surface area (TPSA) is 64.7 Å². The van der Waals surface area contributed by atoms with Crippen molar-refractivity contribution < 1.29 is 31.1 Å². The number of hydrogen-bond acceptors (Lipinski definition) is 3. The van der Waals surface area contributed by atoms with Gasteiger partial charge in [-0.2, -0.15) is 36.5 Å². The number of carbonyl (C=O) groups is 1. The number of hydrogen-bond donors (Lipinski definition) is 1. The van der Waals surface area contributed by atoms with E-state index in [0.717, 1.165) is 16.8 Å². The van der Waals surface area contributed by atoms with E-state index in [1.54, 1.807) is 6.92 Å². The monoisotopic (exact) mass is 431 g/mol. The molecule has 0 unspecified atom stereocenters. The molecule has 1 amide bonds. The van der Waals surface area contributed by atoms with E-state index >= 15 is 0 Å². The van der Waals surface area contributed by atoms with Crippen LogP contribution in [0.15, 0.2) is 36.4 Å². The summed E-state index contributed by atoms with van der Waals surface area (Å²) in [5.41, 5.74) is -1.46. The Morgan fingerprint density at radius 1 is 1.03 bits per heavy atom. The number of rotatable bonds is 4. The van der Waals surface area contributed by atoms with Crippen molar-refractivity contribution in [3.05, 3.63) is 64.6 Å². The van der Waals surface area contributed by atoms with Crippen LogP contribution < -0.4 is 5.32 Å². The van der Waals surface area contributed by atoms with E-state index in [0.29, 0.717) is 17.3 Å². The van der Waals surface area contributed by atoms with Crippen LogP contribution in [0.5, 0.6) is 0 Å². The molecule has 0 aliphatic carbocycles. The molecule has 0 saturated heterocycles. The number of halogens is 6. The summed E-state index contributed by atoms with van der Waals surface area (Å²) in [6.07, 6.45) is -9.17. The maximum atomic E-state index is 12.9. The Morgan fingerprint density at radius 3 is 2.33 bits per heavy atom. The fraction of sp³-hybridized carbons (Fsp3) is 0.278. The summed E-state index contributed by atoms with van der Waals surface area (Å²) in [6.45, 7) is 1.64. The molecule has 2 aromatic heterocycles. The molecule has 3 rings (SSSR count). The third-order valence-corrected chi connectivity index (χ3v) is 4.21. The van der Waals surface area contributed by atoms with Crippen LogP contribution in [0.4, 0.5) is 32.2 Å². The van der Waals surface area contributed by atoms with Crippen LogP contribution in [0.1, 0.15) is 33.0 Å². The zero-order chi connectivity index (χ0) is 22.3. The summed E-state index contributed by atoms with van der Waals surface area (Å²) in [4.78, 5) is 12.3. The van der Waals surface area contributed by atoms with Gasteiger partial charge in [-0.25, -0.2) is 0 Å². The number of nitrogens with zero attached hydrogens (tertiary/aromatic N) is 4. The lowest BCUT2D eigenvalue weighted by Crippen LogP contribution is -2.16. The molecule has 0 atom stereocenters. The van der Waals surface area contributed by atoms with Crippen LogP contribution in [0.3, 0.4) is 0 Å². The largest absolute Gasteiger partial charge is 0.435 e. The number of aryl methyl sites for hydroxylation is 2. The van der Waals surface area contributed by atoms with Gasteiger partial charge in [0.05, 0.1) is 12.1 Å². The molecule has 0 aliphatic heterocycles. The average molecular weight is 431 g/mol. The molecular formula is C18H15F6N5O. The van der Waals surface area contributed by atoms with Gasteiger partial charge in [-0.3, -0.25) is 14.2 Å². The highest BCUT2D eigenvalue weighted by molar-refractivity contribution is 6.02. The molecule has 1 N–H and O–H groups in total. The lowest BCUT2D eigenvalue weighted by atomic mass is 10.1. The lowest BCUT2D eigenvalue weighted by Gasteiger charge is -2.09. The van der Waals surface area contributed by atoms with Gasteiger partial charge in [-0.15, -0.1) is 0 Å². The maximum absolute atomic E-state index is 12.9. The first-order valence-electron chi connectivity index (χ1n) is 8.48. The van der Waals surface area contributed by atoms with Gasteiger partial charge in [0, 0.05) is 24.9 Å². The van der Waals surface area contributed by atoms with Crippen molar-refractivity contribution in [2.45, 2.75) is 25.8 Å². The van der Waals surface area contributed by atoms with Gasteiger partial charge >= 0.3 is 12.4 Å². The molecule has 6 nitrogen and oxygen atoms in total. The first-order chi connectivity index (χ1) is 13.8. The van der Waals surface area contributed by atoms with E-state index in [1.807, 2.05) is 0 Å². The SMILES string of the molecule is Cc1cc(NC(=O)c2cc(C(F)(F)F)nn2C)nn1Cc1cccc(C(F)(F)F)c1. The number of aromatic nitrogens is 4. The molecule has 0 aliphatic rings. The van der Waals surface area contributed by atoms with Crippen molar-refractivity contribution in [1.82, 2.24) is 19.6 Å². The van der Waals surface area contributed by atoms with E-state index in [-0.39, 0.29) is 18.1 Å². The van der Waals surface area contributed by atoms with Crippen molar-refractivity contribution in [3.63, 3.8) is 0 Å². The van der Waals surface area contributed by atoms with Crippen molar-refractivity contribution in [1.29, 1.82) is 0 Å². The predicted octanol–water partition coefficient (Wildman–Crippen LogP) is 4.26. The smallest absolute Gasteiger partial charge is 0.304 e. The molecule has 2 heterocycles. The van der Waals surface area contributed by atoms with E-state index in [9.17, 15) is 31.1 Å². The van der Waals surface area contributed by atoms with Gasteiger partial charge in [0.2, 0.25) is 0 Å². The van der Waals surface area contributed by atoms with Crippen molar-refractivity contribution in [3.8, 4) is 0 Å². The molecular weight excluding hydrogens is 416 g/mol. The van der Waals surface area contributed by atoms with Crippen LogP contribution >= 0.6 is 0 Å². The Morgan fingerprint density at radius 2 is 1.73 bits per heavy atom. The first-order valence-corrected chi connectivity index (χ1v) is 8.48. The van der Waals surface area contributed by atoms with Crippen molar-refractivity contribution >= 4 is 11.7 Å². The maximum Gasteiger partial charge on any atom is 0.435 e. The Labute approximate surface area is 166 Å². The third-order valence-electron chi connectivity index (χ3n) is 4.21. The average Bonchev–Trinajstić information content (AvgIpc) is 3.17. The molecule has 0 spiro atoms. The Bertz CT molecular complexity index is 1080. The van der Waals surface area contributed by atoms with Gasteiger partial charge in [-0.1, -0.05) is 12.1 Å². The zero-order valence-corrected chi connectivity index (χ0v) is 15.6. The molecule has 0 bridgehead atoms. The van der Waals surface area contributed by atoms with Crippen LogP contribution in [0.2, 0.25) is 0 Å². The normalized spacial score (nSPS) is 12.3. The second-order valence-corrected chi connectivity index (χ2v) is 6.52. The second-order valence-electron chi connectivity index (χ2n) is 6.52. The van der Waals surface area contributed by atoms with Gasteiger partial charge in [0.1, 0.15) is 5.69 Å². The minimum atomic E-state index is -4.70. The molecule has 12 heteroatoms. The van der Waals surface area contributed by atoms with E-state index in [2.05, 4.69) is 15.5 Å². The summed E-state index contributed by atoms with van der Waals surface area (Å²) in [7, 11) is 1.20. The fourth-order valence-corrected chi connectivity index (χ4v) is 2.75. The number of carbonyl (C=O) groups excluding carboxylic acids is 1. The molecule has 30 heavy (non-hydrogen) atoms. The van der Waals surface area contributed by atoms with Gasteiger partial charge in [0.15, 0.2) is 11.5 Å². The van der Waals surface area contributed by atoms with E-state index in [1.165, 1.54) is 29.9 Å². The highest BCUT2D eigenvalue weighted by atomic mass is 19.4. The summed E-state index contributed by atoms with van der Waals surface area (Å²) >= 11 is 0. The summed E-state index contributed by atoms with van der Waals surface area (Å²) in [5, 5.41) is 9.73. The number of benzene rings is 1. The summed E-state index contributed by atoms with van der Waals surface area (Å²) in [5.74, 6) is -0.816. The number of amides is 1. The Hall–Kier alpha value is -3.31. The summed E-state index contributed by atoms with van der Waals surface area (Å²) in [6, 6.07) is 6.79. The Kier molecular flexibility index (Phi) is 5.35. The summed E-state index contributed by atoms with van der Waals surface area (Å²) < 4.78 is 79.0. The van der Waals surface area contributed by atoms with Crippen LogP contribution in [-0.2, 0) is 25.9 Å². The quantitative estimate of drug-likeness (QED) is 0.628. The molecule has 0 saturated carbocycles. The van der Waals surface area contributed by atoms with Gasteiger partial charge < -0.3 is 5.32 Å². The Balaban J connectivity index is 1.77. The van der Waals surface area contributed by atoms with Crippen LogP contribution in [0, 0.1) is 6.92 Å². The minimum absolute atomic E-state index is 0.00948. The van der Waals surface area contributed by atoms with Crippen molar-refractivity contribution in [2.75, 3.05) is 5.32 Å². The molecule has 0 fully saturated rings. The lowest BCUT2D eigenvalue weighted by molar-refractivity contribution is -0.141. The standard InChI is InChI=1S/C18H15F6N5O/c1-10-6-15(25-16(30)13-8-14(18(22,23)24)26-28(13)2)27-29(10)9-11-4-3-5-12(7-11)17(19,20)21/h3-8H,9H2,1-2H3,(H,25,27,30). The number of anilines is 1. The van der Waals surface area contributed by atoms with E-state index < -0.39 is 29.5 Å². The van der Waals surface area contributed by atoms with Gasteiger partial charge in [0.25, 0.3) is 5.91 Å². The molecule has 0 radical (unpaired) electrons. The number of alkyl halides is 6. The molecule has 1 aromatic carbocycles. The highest BCUT2D eigenvalue weighted by Gasteiger charge is 2.35. The molecule has 160 valence electrons. The van der Waals surface area contributed by atoms with Crippen LogP contribution in [0.25, 0.3) is 0 Å². The van der Waals surface area contributed by atoms with Gasteiger partial charge in [-0.05, 0) is 24.6 Å². The highest BCUT2D eigenvalue weighted by Crippen LogP contribution is 2.30. The zero-order valence-electron chi connectivity index (χ0n) is 15.6. The van der Waals surface area contributed by atoms with Crippen LogP contribution in [-0.4, -0.2) is 25.5 Å². The fourth-order valence-electron chi connectivity index (χ4n) is 2.75. The number of nitrogens with one attached hydrogen (secondary N) is 1.